The summed E-state index contributed by atoms with van der Waals surface area (Å²) in [5, 5.41) is 3.69. The molecular weight excluding hydrogens is 266 g/mol. The van der Waals surface area contributed by atoms with Crippen molar-refractivity contribution in [2.24, 2.45) is 0 Å². The highest BCUT2D eigenvalue weighted by Gasteiger charge is 2.38. The summed E-state index contributed by atoms with van der Waals surface area (Å²) in [7, 11) is 0. The molecule has 5 rings (SSSR count). The molecule has 0 radical (unpaired) electrons. The van der Waals surface area contributed by atoms with Gasteiger partial charge in [-0.3, -0.25) is 0 Å². The number of fused-ring (bicyclic) bond motifs is 6. The molecular formula is C21H19N. The van der Waals surface area contributed by atoms with Crippen molar-refractivity contribution in [3.8, 4) is 11.1 Å². The maximum Gasteiger partial charge on any atom is 0.0551 e. The van der Waals surface area contributed by atoms with Crippen LogP contribution in [-0.2, 0) is 5.41 Å². The largest absolute Gasteiger partial charge is 0.378 e. The first-order valence-corrected chi connectivity index (χ1v) is 8.06. The van der Waals surface area contributed by atoms with Crippen LogP contribution in [0.1, 0.15) is 36.5 Å². The Morgan fingerprint density at radius 3 is 2.64 bits per heavy atom. The molecule has 22 heavy (non-hydrogen) atoms. The second-order valence-electron chi connectivity index (χ2n) is 7.12. The van der Waals surface area contributed by atoms with Crippen LogP contribution in [0, 0.1) is 0 Å². The SMILES string of the molecule is CC1(C)c2ccccc2-c2cc3c(cc21)NC1C=CC=CC31. The molecule has 2 aliphatic carbocycles. The van der Waals surface area contributed by atoms with Crippen molar-refractivity contribution in [3.05, 3.63) is 77.4 Å². The van der Waals surface area contributed by atoms with E-state index in [9.17, 15) is 0 Å². The van der Waals surface area contributed by atoms with E-state index in [0.717, 1.165) is 0 Å². The molecule has 1 nitrogen and oxygen atoms in total. The van der Waals surface area contributed by atoms with Gasteiger partial charge in [-0.15, -0.1) is 0 Å². The van der Waals surface area contributed by atoms with E-state index < -0.39 is 0 Å². The topological polar surface area (TPSA) is 12.0 Å². The summed E-state index contributed by atoms with van der Waals surface area (Å²) in [5.74, 6) is 0.473. The minimum atomic E-state index is 0.0854. The molecule has 3 aliphatic rings. The molecule has 1 N–H and O–H groups in total. The standard InChI is InChI=1S/C21H19N/c1-21(2)17-9-5-3-7-13(17)15-11-16-14-8-4-6-10-19(14)22-20(16)12-18(15)21/h3-12,14,19,22H,1-2H3. The van der Waals surface area contributed by atoms with E-state index >= 15 is 0 Å². The molecule has 0 spiro atoms. The number of anilines is 1. The second-order valence-corrected chi connectivity index (χ2v) is 7.12. The highest BCUT2D eigenvalue weighted by atomic mass is 15.0. The van der Waals surface area contributed by atoms with Gasteiger partial charge in [0.1, 0.15) is 0 Å². The second kappa shape index (κ2) is 3.92. The Labute approximate surface area is 131 Å². The van der Waals surface area contributed by atoms with Crippen LogP contribution in [0.15, 0.2) is 60.7 Å². The van der Waals surface area contributed by atoms with Crippen LogP contribution >= 0.6 is 0 Å². The Morgan fingerprint density at radius 2 is 1.73 bits per heavy atom. The van der Waals surface area contributed by atoms with Gasteiger partial charge in [-0.05, 0) is 39.9 Å². The molecule has 0 fully saturated rings. The van der Waals surface area contributed by atoms with Crippen LogP contribution in [0.3, 0.4) is 0 Å². The lowest BCUT2D eigenvalue weighted by Crippen LogP contribution is -2.17. The van der Waals surface area contributed by atoms with Gasteiger partial charge in [0.15, 0.2) is 0 Å². The first-order chi connectivity index (χ1) is 10.7. The molecule has 108 valence electrons. The molecule has 1 heteroatoms. The third-order valence-electron chi connectivity index (χ3n) is 5.57. The molecule has 0 saturated heterocycles. The van der Waals surface area contributed by atoms with E-state index in [1.54, 1.807) is 0 Å². The molecule has 2 aromatic carbocycles. The van der Waals surface area contributed by atoms with E-state index in [4.69, 9.17) is 0 Å². The van der Waals surface area contributed by atoms with E-state index in [1.165, 1.54) is 33.5 Å². The van der Waals surface area contributed by atoms with Gasteiger partial charge < -0.3 is 5.32 Å². The van der Waals surface area contributed by atoms with Crippen LogP contribution in [0.5, 0.6) is 0 Å². The minimum Gasteiger partial charge on any atom is -0.378 e. The molecule has 1 heterocycles. The van der Waals surface area contributed by atoms with Crippen molar-refractivity contribution < 1.29 is 0 Å². The first kappa shape index (κ1) is 12.3. The first-order valence-electron chi connectivity index (χ1n) is 8.06. The highest BCUT2D eigenvalue weighted by Crippen LogP contribution is 2.52. The van der Waals surface area contributed by atoms with Gasteiger partial charge in [0.05, 0.1) is 6.04 Å². The summed E-state index contributed by atoms with van der Waals surface area (Å²) in [6, 6.07) is 14.1. The van der Waals surface area contributed by atoms with Gasteiger partial charge in [0, 0.05) is 17.0 Å². The van der Waals surface area contributed by atoms with Gasteiger partial charge in [-0.25, -0.2) is 0 Å². The molecule has 0 amide bonds. The summed E-state index contributed by atoms with van der Waals surface area (Å²) < 4.78 is 0. The normalized spacial score (nSPS) is 25.2. The Morgan fingerprint density at radius 1 is 0.909 bits per heavy atom. The van der Waals surface area contributed by atoms with Gasteiger partial charge in [0.25, 0.3) is 0 Å². The van der Waals surface area contributed by atoms with Crippen LogP contribution in [0.2, 0.25) is 0 Å². The zero-order chi connectivity index (χ0) is 14.9. The van der Waals surface area contributed by atoms with Crippen molar-refractivity contribution >= 4 is 5.69 Å². The summed E-state index contributed by atoms with van der Waals surface area (Å²) in [4.78, 5) is 0. The van der Waals surface area contributed by atoms with Crippen molar-refractivity contribution in [1.82, 2.24) is 0 Å². The van der Waals surface area contributed by atoms with Crippen LogP contribution in [0.25, 0.3) is 11.1 Å². The number of nitrogens with one attached hydrogen (secondary N) is 1. The lowest BCUT2D eigenvalue weighted by molar-refractivity contribution is 0.660. The maximum absolute atomic E-state index is 3.69. The average molecular weight is 285 g/mol. The molecule has 1 aliphatic heterocycles. The minimum absolute atomic E-state index is 0.0854. The average Bonchev–Trinajstić information content (AvgIpc) is 3.00. The number of allylic oxidation sites excluding steroid dienone is 2. The smallest absolute Gasteiger partial charge is 0.0551 e. The number of benzene rings is 2. The van der Waals surface area contributed by atoms with Gasteiger partial charge in [0.2, 0.25) is 0 Å². The predicted octanol–water partition coefficient (Wildman–Crippen LogP) is 5.00. The Kier molecular flexibility index (Phi) is 2.19. The summed E-state index contributed by atoms with van der Waals surface area (Å²) in [6.45, 7) is 4.68. The highest BCUT2D eigenvalue weighted by molar-refractivity contribution is 5.84. The molecule has 0 saturated carbocycles. The number of rotatable bonds is 0. The van der Waals surface area contributed by atoms with E-state index in [1.807, 2.05) is 0 Å². The van der Waals surface area contributed by atoms with Gasteiger partial charge >= 0.3 is 0 Å². The lowest BCUT2D eigenvalue weighted by Gasteiger charge is -2.22. The predicted molar refractivity (Wildman–Crippen MR) is 92.4 cm³/mol. The van der Waals surface area contributed by atoms with Crippen LogP contribution < -0.4 is 5.32 Å². The number of hydrogen-bond acceptors (Lipinski definition) is 1. The zero-order valence-corrected chi connectivity index (χ0v) is 12.9. The molecule has 2 atom stereocenters. The maximum atomic E-state index is 3.69. The Hall–Kier alpha value is -2.28. The Balaban J connectivity index is 1.77. The molecule has 0 bridgehead atoms. The van der Waals surface area contributed by atoms with Crippen LogP contribution in [-0.4, -0.2) is 6.04 Å². The monoisotopic (exact) mass is 285 g/mol. The van der Waals surface area contributed by atoms with Crippen molar-refractivity contribution in [2.75, 3.05) is 5.32 Å². The fourth-order valence-corrected chi connectivity index (χ4v) is 4.39. The summed E-state index contributed by atoms with van der Waals surface area (Å²) >= 11 is 0. The quantitative estimate of drug-likeness (QED) is 0.718. The van der Waals surface area contributed by atoms with E-state index in [-0.39, 0.29) is 5.41 Å². The zero-order valence-electron chi connectivity index (χ0n) is 12.9. The van der Waals surface area contributed by atoms with Crippen molar-refractivity contribution in [3.63, 3.8) is 0 Å². The molecule has 2 unspecified atom stereocenters. The molecule has 0 aromatic heterocycles. The van der Waals surface area contributed by atoms with Gasteiger partial charge in [-0.1, -0.05) is 62.4 Å². The van der Waals surface area contributed by atoms with E-state index in [0.29, 0.717) is 12.0 Å². The summed E-state index contributed by atoms with van der Waals surface area (Å²) in [6.07, 6.45) is 8.91. The molecule has 2 aromatic rings. The third-order valence-corrected chi connectivity index (χ3v) is 5.57. The lowest BCUT2D eigenvalue weighted by atomic mass is 9.81. The Bertz CT molecular complexity index is 854. The fraction of sp³-hybridized carbons (Fsp3) is 0.238. The van der Waals surface area contributed by atoms with E-state index in [2.05, 4.69) is 79.9 Å². The van der Waals surface area contributed by atoms with Crippen molar-refractivity contribution in [1.29, 1.82) is 0 Å². The third kappa shape index (κ3) is 1.39. The van der Waals surface area contributed by atoms with Gasteiger partial charge in [-0.2, -0.15) is 0 Å². The van der Waals surface area contributed by atoms with Crippen LogP contribution in [0.4, 0.5) is 5.69 Å². The fourth-order valence-electron chi connectivity index (χ4n) is 4.39. The van der Waals surface area contributed by atoms with Crippen molar-refractivity contribution in [2.45, 2.75) is 31.2 Å². The number of hydrogen-bond donors (Lipinski definition) is 1. The summed E-state index contributed by atoms with van der Waals surface area (Å²) in [5.41, 5.74) is 8.56.